The summed E-state index contributed by atoms with van der Waals surface area (Å²) in [6.07, 6.45) is 2.01. The zero-order chi connectivity index (χ0) is 23.7. The number of halogens is 1. The van der Waals surface area contributed by atoms with Crippen LogP contribution in [0, 0.1) is 5.92 Å². The Morgan fingerprint density at radius 3 is 2.71 bits per heavy atom. The van der Waals surface area contributed by atoms with Crippen molar-refractivity contribution in [3.63, 3.8) is 0 Å². The Labute approximate surface area is 202 Å². The van der Waals surface area contributed by atoms with Gasteiger partial charge in [0.1, 0.15) is 5.75 Å². The van der Waals surface area contributed by atoms with Gasteiger partial charge in [0, 0.05) is 19.0 Å². The van der Waals surface area contributed by atoms with Gasteiger partial charge in [-0.25, -0.2) is 0 Å². The Balaban J connectivity index is 1.32. The highest BCUT2D eigenvalue weighted by molar-refractivity contribution is 6.33. The van der Waals surface area contributed by atoms with E-state index in [0.29, 0.717) is 47.0 Å². The van der Waals surface area contributed by atoms with Gasteiger partial charge in [0.05, 0.1) is 35.3 Å². The number of anilines is 1. The molecule has 1 atom stereocenters. The normalized spacial score (nSPS) is 17.8. The van der Waals surface area contributed by atoms with E-state index in [-0.39, 0.29) is 30.8 Å². The Kier molecular flexibility index (Phi) is 6.24. The highest BCUT2D eigenvalue weighted by atomic mass is 35.5. The van der Waals surface area contributed by atoms with Crippen molar-refractivity contribution in [3.05, 3.63) is 59.4 Å². The molecular weight excluding hydrogens is 456 g/mol. The van der Waals surface area contributed by atoms with Gasteiger partial charge in [-0.05, 0) is 44.0 Å². The predicted molar refractivity (Wildman–Crippen MR) is 126 cm³/mol. The molecule has 3 aromatic rings. The van der Waals surface area contributed by atoms with E-state index < -0.39 is 5.92 Å². The monoisotopic (exact) mass is 480 g/mol. The Morgan fingerprint density at radius 2 is 1.94 bits per heavy atom. The van der Waals surface area contributed by atoms with Gasteiger partial charge in [-0.3, -0.25) is 9.59 Å². The van der Waals surface area contributed by atoms with E-state index in [4.69, 9.17) is 20.8 Å². The number of hydrogen-bond donors (Lipinski definition) is 0. The maximum absolute atomic E-state index is 13.5. The highest BCUT2D eigenvalue weighted by Gasteiger charge is 2.42. The van der Waals surface area contributed by atoms with Gasteiger partial charge in [0.15, 0.2) is 0 Å². The van der Waals surface area contributed by atoms with Crippen molar-refractivity contribution in [2.75, 3.05) is 18.1 Å². The van der Waals surface area contributed by atoms with Crippen LogP contribution in [0.4, 0.5) is 5.69 Å². The molecule has 176 valence electrons. The number of carbonyl (C=O) groups excluding carboxylic acids is 2. The van der Waals surface area contributed by atoms with Crippen LogP contribution in [-0.4, -0.2) is 46.1 Å². The molecule has 0 spiro atoms. The number of hydrogen-bond acceptors (Lipinski definition) is 6. The molecule has 2 aromatic carbocycles. The summed E-state index contributed by atoms with van der Waals surface area (Å²) in [5.74, 6) is 0.721. The number of amides is 2. The molecule has 1 saturated heterocycles. The number of carbonyl (C=O) groups is 2. The third-order valence-electron chi connectivity index (χ3n) is 6.08. The summed E-state index contributed by atoms with van der Waals surface area (Å²) in [6.45, 7) is 2.93. The molecule has 1 saturated carbocycles. The van der Waals surface area contributed by atoms with Crippen LogP contribution in [0.25, 0.3) is 11.5 Å². The third-order valence-corrected chi connectivity index (χ3v) is 6.41. The Morgan fingerprint density at radius 1 is 1.18 bits per heavy atom. The molecule has 1 aliphatic carbocycles. The van der Waals surface area contributed by atoms with Crippen molar-refractivity contribution >= 4 is 29.1 Å². The van der Waals surface area contributed by atoms with Crippen molar-refractivity contribution in [1.29, 1.82) is 0 Å². The number of para-hydroxylation sites is 2. The number of benzene rings is 2. The summed E-state index contributed by atoms with van der Waals surface area (Å²) in [5.41, 5.74) is 1.35. The topological polar surface area (TPSA) is 88.8 Å². The predicted octanol–water partition coefficient (Wildman–Crippen LogP) is 4.33. The minimum absolute atomic E-state index is 0.0651. The number of nitrogens with zero attached hydrogens (tertiary/aromatic N) is 4. The van der Waals surface area contributed by atoms with Crippen molar-refractivity contribution in [2.24, 2.45) is 5.92 Å². The van der Waals surface area contributed by atoms with Crippen LogP contribution in [0.3, 0.4) is 0 Å². The fraction of sp³-hybridized carbons (Fsp3) is 0.360. The molecule has 9 heteroatoms. The van der Waals surface area contributed by atoms with Gasteiger partial charge in [-0.2, -0.15) is 0 Å². The molecule has 2 heterocycles. The molecule has 1 aliphatic heterocycles. The first kappa shape index (κ1) is 22.4. The molecule has 34 heavy (non-hydrogen) atoms. The van der Waals surface area contributed by atoms with Gasteiger partial charge >= 0.3 is 0 Å². The maximum atomic E-state index is 13.5. The minimum Gasteiger partial charge on any atom is -0.492 e. The number of ether oxygens (including phenoxy) is 1. The van der Waals surface area contributed by atoms with E-state index in [1.165, 1.54) is 0 Å². The van der Waals surface area contributed by atoms with Crippen molar-refractivity contribution in [1.82, 2.24) is 15.1 Å². The summed E-state index contributed by atoms with van der Waals surface area (Å²) in [5, 5.41) is 8.77. The standard InChI is InChI=1S/C25H25ClN4O4/c1-2-33-21-10-6-5-9-20(21)30-14-16(13-23(30)31)25(32)29(17-11-12-17)15-22-27-28-24(34-22)18-7-3-4-8-19(18)26/h3-10,16-17H,2,11-15H2,1H3/t16-/m1/s1. The van der Waals surface area contributed by atoms with Crippen molar-refractivity contribution in [2.45, 2.75) is 38.8 Å². The second-order valence-corrected chi connectivity index (χ2v) is 8.89. The molecule has 5 rings (SSSR count). The van der Waals surface area contributed by atoms with E-state index in [1.54, 1.807) is 15.9 Å². The van der Waals surface area contributed by atoms with Crippen LogP contribution in [-0.2, 0) is 16.1 Å². The first-order valence-corrected chi connectivity index (χ1v) is 11.8. The molecule has 0 unspecified atom stereocenters. The van der Waals surface area contributed by atoms with Crippen LogP contribution >= 0.6 is 11.6 Å². The van der Waals surface area contributed by atoms with Crippen LogP contribution in [0.2, 0.25) is 5.02 Å². The first-order valence-electron chi connectivity index (χ1n) is 11.4. The Hall–Kier alpha value is -3.39. The lowest BCUT2D eigenvalue weighted by Crippen LogP contribution is -2.38. The van der Waals surface area contributed by atoms with Crippen molar-refractivity contribution < 1.29 is 18.7 Å². The molecule has 0 radical (unpaired) electrons. The molecule has 1 aromatic heterocycles. The van der Waals surface area contributed by atoms with E-state index >= 15 is 0 Å². The molecule has 2 fully saturated rings. The smallest absolute Gasteiger partial charge is 0.249 e. The quantitative estimate of drug-likeness (QED) is 0.476. The fourth-order valence-corrected chi connectivity index (χ4v) is 4.49. The molecule has 2 amide bonds. The first-order chi connectivity index (χ1) is 16.5. The lowest BCUT2D eigenvalue weighted by Gasteiger charge is -2.24. The SMILES string of the molecule is CCOc1ccccc1N1C[C@H](C(=O)N(Cc2nnc(-c3ccccc3Cl)o2)C2CC2)CC1=O. The van der Waals surface area contributed by atoms with Crippen molar-refractivity contribution in [3.8, 4) is 17.2 Å². The average molecular weight is 481 g/mol. The van der Waals surface area contributed by atoms with E-state index in [2.05, 4.69) is 10.2 Å². The largest absolute Gasteiger partial charge is 0.492 e. The average Bonchev–Trinajstić information content (AvgIpc) is 3.45. The van der Waals surface area contributed by atoms with E-state index in [0.717, 1.165) is 12.8 Å². The lowest BCUT2D eigenvalue weighted by atomic mass is 10.1. The van der Waals surface area contributed by atoms with Gasteiger partial charge in [-0.15, -0.1) is 10.2 Å². The molecule has 0 bridgehead atoms. The molecular formula is C25H25ClN4O4. The zero-order valence-corrected chi connectivity index (χ0v) is 19.6. The summed E-state index contributed by atoms with van der Waals surface area (Å²) in [4.78, 5) is 29.8. The second kappa shape index (κ2) is 9.46. The van der Waals surface area contributed by atoms with Crippen LogP contribution in [0.1, 0.15) is 32.1 Å². The fourth-order valence-electron chi connectivity index (χ4n) is 4.28. The van der Waals surface area contributed by atoms with Gasteiger partial charge in [0.2, 0.25) is 23.6 Å². The molecule has 8 nitrogen and oxygen atoms in total. The van der Waals surface area contributed by atoms with Gasteiger partial charge in [0.25, 0.3) is 0 Å². The second-order valence-electron chi connectivity index (χ2n) is 8.48. The highest BCUT2D eigenvalue weighted by Crippen LogP contribution is 2.36. The number of aromatic nitrogens is 2. The summed E-state index contributed by atoms with van der Waals surface area (Å²) in [7, 11) is 0. The van der Waals surface area contributed by atoms with Gasteiger partial charge < -0.3 is 19.0 Å². The number of rotatable bonds is 8. The van der Waals surface area contributed by atoms with Crippen LogP contribution in [0.5, 0.6) is 5.75 Å². The van der Waals surface area contributed by atoms with E-state index in [1.807, 2.05) is 49.4 Å². The van der Waals surface area contributed by atoms with E-state index in [9.17, 15) is 9.59 Å². The van der Waals surface area contributed by atoms with Crippen LogP contribution < -0.4 is 9.64 Å². The van der Waals surface area contributed by atoms with Crippen LogP contribution in [0.15, 0.2) is 52.9 Å². The molecule has 2 aliphatic rings. The zero-order valence-electron chi connectivity index (χ0n) is 18.8. The third kappa shape index (κ3) is 4.50. The maximum Gasteiger partial charge on any atom is 0.249 e. The summed E-state index contributed by atoms with van der Waals surface area (Å²) in [6, 6.07) is 14.8. The minimum atomic E-state index is -0.436. The summed E-state index contributed by atoms with van der Waals surface area (Å²) >= 11 is 6.24. The Bertz CT molecular complexity index is 1210. The van der Waals surface area contributed by atoms with Gasteiger partial charge in [-0.1, -0.05) is 35.9 Å². The summed E-state index contributed by atoms with van der Waals surface area (Å²) < 4.78 is 11.5. The lowest BCUT2D eigenvalue weighted by molar-refractivity contribution is -0.137. The molecule has 0 N–H and O–H groups in total.